The van der Waals surface area contributed by atoms with Gasteiger partial charge in [-0.15, -0.1) is 0 Å². The van der Waals surface area contributed by atoms with Gasteiger partial charge in [-0.3, -0.25) is 0 Å². The summed E-state index contributed by atoms with van der Waals surface area (Å²) in [4.78, 5) is 11.6. The zero-order valence-corrected chi connectivity index (χ0v) is 13.7. The first-order chi connectivity index (χ1) is 10.7. The molecule has 0 saturated heterocycles. The van der Waals surface area contributed by atoms with Crippen molar-refractivity contribution in [1.29, 1.82) is 0 Å². The molecule has 24 heavy (non-hydrogen) atoms. The smallest absolute Gasteiger partial charge is 0.416 e. The minimum absolute atomic E-state index is 0. The molecule has 0 fully saturated rings. The SMILES string of the molecule is CCOC(=O)c1cnn(-c2c(Cl)cc(C(F)(F)F)cc2Cl)c1O.N. The van der Waals surface area contributed by atoms with Gasteiger partial charge in [-0.25, -0.2) is 4.79 Å². The van der Waals surface area contributed by atoms with E-state index in [1.54, 1.807) is 6.92 Å². The summed E-state index contributed by atoms with van der Waals surface area (Å²) >= 11 is 11.6. The van der Waals surface area contributed by atoms with Crippen LogP contribution in [0.4, 0.5) is 13.2 Å². The third kappa shape index (κ3) is 3.74. The molecule has 2 aromatic rings. The molecule has 0 spiro atoms. The predicted molar refractivity (Wildman–Crippen MR) is 81.2 cm³/mol. The molecule has 0 amide bonds. The Morgan fingerprint density at radius 2 is 1.88 bits per heavy atom. The van der Waals surface area contributed by atoms with Gasteiger partial charge in [-0.05, 0) is 19.1 Å². The molecule has 0 atom stereocenters. The van der Waals surface area contributed by atoms with E-state index >= 15 is 0 Å². The second-order valence-electron chi connectivity index (χ2n) is 4.30. The summed E-state index contributed by atoms with van der Waals surface area (Å²) in [6, 6.07) is 1.29. The number of carbonyl (C=O) groups is 1. The molecule has 0 aliphatic carbocycles. The molecule has 2 rings (SSSR count). The van der Waals surface area contributed by atoms with E-state index < -0.39 is 33.6 Å². The van der Waals surface area contributed by atoms with Crippen molar-refractivity contribution in [1.82, 2.24) is 15.9 Å². The number of halogens is 5. The average molecular weight is 386 g/mol. The Morgan fingerprint density at radius 3 is 2.33 bits per heavy atom. The maximum absolute atomic E-state index is 12.7. The van der Waals surface area contributed by atoms with E-state index in [0.29, 0.717) is 12.1 Å². The Kier molecular flexibility index (Phi) is 6.09. The zero-order valence-electron chi connectivity index (χ0n) is 12.2. The van der Waals surface area contributed by atoms with Crippen LogP contribution in [0.1, 0.15) is 22.8 Å². The maximum Gasteiger partial charge on any atom is 0.416 e. The minimum Gasteiger partial charge on any atom is -0.493 e. The highest BCUT2D eigenvalue weighted by Gasteiger charge is 2.33. The van der Waals surface area contributed by atoms with Crippen LogP contribution < -0.4 is 6.15 Å². The fourth-order valence-corrected chi connectivity index (χ4v) is 2.44. The van der Waals surface area contributed by atoms with Crippen molar-refractivity contribution in [3.8, 4) is 11.6 Å². The number of carbonyl (C=O) groups excluding carboxylic acids is 1. The Bertz CT molecular complexity index is 740. The number of rotatable bonds is 3. The normalized spacial score (nSPS) is 11.1. The minimum atomic E-state index is -4.63. The highest BCUT2D eigenvalue weighted by Crippen LogP contribution is 2.38. The summed E-state index contributed by atoms with van der Waals surface area (Å²) in [6.07, 6.45) is -3.63. The van der Waals surface area contributed by atoms with Gasteiger partial charge in [0.25, 0.3) is 0 Å². The van der Waals surface area contributed by atoms with Gasteiger partial charge in [0, 0.05) is 0 Å². The van der Waals surface area contributed by atoms with E-state index in [9.17, 15) is 23.1 Å². The molecule has 1 heterocycles. The van der Waals surface area contributed by atoms with Crippen molar-refractivity contribution in [3.63, 3.8) is 0 Å². The van der Waals surface area contributed by atoms with Gasteiger partial charge in [0.1, 0.15) is 11.3 Å². The number of ether oxygens (including phenoxy) is 1. The molecular formula is C13H12Cl2F3N3O3. The first-order valence-corrected chi connectivity index (χ1v) is 6.93. The van der Waals surface area contributed by atoms with Crippen LogP contribution in [0.3, 0.4) is 0 Å². The summed E-state index contributed by atoms with van der Waals surface area (Å²) in [5.74, 6) is -1.48. The van der Waals surface area contributed by atoms with Crippen LogP contribution in [0.2, 0.25) is 10.0 Å². The number of aromatic hydroxyl groups is 1. The van der Waals surface area contributed by atoms with Crippen molar-refractivity contribution in [3.05, 3.63) is 39.5 Å². The molecule has 0 bridgehead atoms. The highest BCUT2D eigenvalue weighted by atomic mass is 35.5. The second-order valence-corrected chi connectivity index (χ2v) is 5.11. The molecule has 1 aromatic heterocycles. The molecule has 0 aliphatic heterocycles. The van der Waals surface area contributed by atoms with Crippen LogP contribution in [-0.4, -0.2) is 27.5 Å². The lowest BCUT2D eigenvalue weighted by atomic mass is 10.2. The van der Waals surface area contributed by atoms with Crippen molar-refractivity contribution in [2.24, 2.45) is 0 Å². The predicted octanol–water partition coefficient (Wildman–Crippen LogP) is 4.24. The number of hydrogen-bond acceptors (Lipinski definition) is 5. The van der Waals surface area contributed by atoms with Crippen LogP contribution in [0.25, 0.3) is 5.69 Å². The standard InChI is InChI=1S/C13H9Cl2F3N2O3.H3N/c1-2-23-12(22)7-5-19-20(11(7)21)10-8(14)3-6(4-9(10)15)13(16,17)18;/h3-5,21H,2H2,1H3;1H3. The summed E-state index contributed by atoms with van der Waals surface area (Å²) < 4.78 is 43.6. The van der Waals surface area contributed by atoms with Crippen molar-refractivity contribution < 1.29 is 27.8 Å². The molecule has 0 radical (unpaired) electrons. The summed E-state index contributed by atoms with van der Waals surface area (Å²) in [6.45, 7) is 1.65. The molecular weight excluding hydrogens is 374 g/mol. The van der Waals surface area contributed by atoms with Crippen LogP contribution in [0.5, 0.6) is 5.88 Å². The van der Waals surface area contributed by atoms with E-state index in [0.717, 1.165) is 10.9 Å². The molecule has 4 N–H and O–H groups in total. The van der Waals surface area contributed by atoms with E-state index in [1.807, 2.05) is 0 Å². The van der Waals surface area contributed by atoms with Crippen LogP contribution >= 0.6 is 23.2 Å². The van der Waals surface area contributed by atoms with E-state index in [-0.39, 0.29) is 24.0 Å². The first kappa shape index (κ1) is 20.1. The molecule has 11 heteroatoms. The van der Waals surface area contributed by atoms with Gasteiger partial charge in [0.15, 0.2) is 0 Å². The van der Waals surface area contributed by atoms with Gasteiger partial charge >= 0.3 is 12.1 Å². The van der Waals surface area contributed by atoms with Crippen LogP contribution in [-0.2, 0) is 10.9 Å². The monoisotopic (exact) mass is 385 g/mol. The number of nitrogens with zero attached hydrogens (tertiary/aromatic N) is 2. The Labute approximate surface area is 144 Å². The lowest BCUT2D eigenvalue weighted by Gasteiger charge is -2.12. The average Bonchev–Trinajstić information content (AvgIpc) is 2.79. The largest absolute Gasteiger partial charge is 0.493 e. The second kappa shape index (κ2) is 7.29. The van der Waals surface area contributed by atoms with E-state index in [1.165, 1.54) is 0 Å². The highest BCUT2D eigenvalue weighted by molar-refractivity contribution is 6.37. The van der Waals surface area contributed by atoms with Gasteiger partial charge in [0.2, 0.25) is 5.88 Å². The lowest BCUT2D eigenvalue weighted by molar-refractivity contribution is -0.137. The molecule has 1 aromatic carbocycles. The quantitative estimate of drug-likeness (QED) is 0.769. The molecule has 132 valence electrons. The Balaban J connectivity index is 0.00000288. The number of alkyl halides is 3. The number of benzene rings is 1. The third-order valence-electron chi connectivity index (χ3n) is 2.80. The number of hydrogen-bond donors (Lipinski definition) is 2. The zero-order chi connectivity index (χ0) is 17.4. The van der Waals surface area contributed by atoms with Gasteiger partial charge in [-0.2, -0.15) is 23.0 Å². The van der Waals surface area contributed by atoms with Crippen molar-refractivity contribution in [2.45, 2.75) is 13.1 Å². The van der Waals surface area contributed by atoms with Crippen LogP contribution in [0, 0.1) is 0 Å². The van der Waals surface area contributed by atoms with Crippen LogP contribution in [0.15, 0.2) is 18.3 Å². The maximum atomic E-state index is 12.7. The third-order valence-corrected chi connectivity index (χ3v) is 3.37. The van der Waals surface area contributed by atoms with Gasteiger partial charge in [0.05, 0.1) is 28.4 Å². The molecule has 0 unspecified atom stereocenters. The number of esters is 1. The van der Waals surface area contributed by atoms with E-state index in [4.69, 9.17) is 27.9 Å². The fourth-order valence-electron chi connectivity index (χ4n) is 1.79. The molecule has 0 aliphatic rings. The molecule has 0 saturated carbocycles. The van der Waals surface area contributed by atoms with Gasteiger partial charge in [-0.1, -0.05) is 23.2 Å². The van der Waals surface area contributed by atoms with Crippen molar-refractivity contribution in [2.75, 3.05) is 6.61 Å². The number of aromatic nitrogens is 2. The lowest BCUT2D eigenvalue weighted by Crippen LogP contribution is -2.07. The summed E-state index contributed by atoms with van der Waals surface area (Å²) in [5, 5.41) is 13.0. The Morgan fingerprint density at radius 1 is 1.33 bits per heavy atom. The molecule has 6 nitrogen and oxygen atoms in total. The van der Waals surface area contributed by atoms with Gasteiger partial charge < -0.3 is 16.0 Å². The summed E-state index contributed by atoms with van der Waals surface area (Å²) in [7, 11) is 0. The first-order valence-electron chi connectivity index (χ1n) is 6.17. The fraction of sp³-hybridized carbons (Fsp3) is 0.231. The summed E-state index contributed by atoms with van der Waals surface area (Å²) in [5.41, 5.74) is -1.50. The van der Waals surface area contributed by atoms with Crippen molar-refractivity contribution >= 4 is 29.2 Å². The Hall–Kier alpha value is -1.97. The topological polar surface area (TPSA) is 99.3 Å². The van der Waals surface area contributed by atoms with E-state index in [2.05, 4.69) is 5.10 Å².